The molecule has 0 atom stereocenters. The number of methoxy groups -OCH3 is 1. The fourth-order valence-electron chi connectivity index (χ4n) is 1.33. The minimum atomic E-state index is -0.553. The number of halogens is 1. The number of carbonyl (C=O) groups is 1. The Morgan fingerprint density at radius 2 is 2.26 bits per heavy atom. The third-order valence-electron chi connectivity index (χ3n) is 2.27. The van der Waals surface area contributed by atoms with Crippen LogP contribution in [-0.4, -0.2) is 19.3 Å². The van der Waals surface area contributed by atoms with E-state index in [4.69, 9.17) is 14.0 Å². The minimum Gasteiger partial charge on any atom is -0.496 e. The summed E-state index contributed by atoms with van der Waals surface area (Å²) in [4.78, 5) is 16.5. The van der Waals surface area contributed by atoms with Crippen molar-refractivity contribution in [1.82, 2.24) is 0 Å². The number of benzene rings is 1. The number of hydrogen-bond donors (Lipinski definition) is 0. The zero-order chi connectivity index (χ0) is 13.7. The fourth-order valence-corrected chi connectivity index (χ4v) is 1.87. The summed E-state index contributed by atoms with van der Waals surface area (Å²) >= 11 is 3.29. The fraction of sp³-hybridized carbons (Fsp3) is 0.0769. The maximum Gasteiger partial charge on any atom is 0.365 e. The van der Waals surface area contributed by atoms with Gasteiger partial charge in [-0.15, -0.1) is 0 Å². The van der Waals surface area contributed by atoms with Gasteiger partial charge in [0, 0.05) is 5.56 Å². The smallest absolute Gasteiger partial charge is 0.365 e. The predicted molar refractivity (Wildman–Crippen MR) is 72.4 cm³/mol. The molecule has 0 fully saturated rings. The number of nitrogens with zero attached hydrogens (tertiary/aromatic N) is 1. The third kappa shape index (κ3) is 3.45. The molecule has 0 aliphatic rings. The molecule has 0 aliphatic carbocycles. The molecule has 6 heteroatoms. The number of ether oxygens (including phenoxy) is 1. The van der Waals surface area contributed by atoms with E-state index in [1.54, 1.807) is 31.4 Å². The molecule has 0 unspecified atom stereocenters. The lowest BCUT2D eigenvalue weighted by molar-refractivity contribution is 0.0519. The Kier molecular flexibility index (Phi) is 4.35. The zero-order valence-corrected chi connectivity index (χ0v) is 11.6. The Bertz CT molecular complexity index is 593. The average Bonchev–Trinajstić information content (AvgIpc) is 2.91. The standard InChI is InChI=1S/C13H10BrNO4/c1-17-12-3-2-10(6-11(12)14)13(16)19-15-7-9-4-5-18-8-9/h2-8H,1H3/b15-7+. The highest BCUT2D eigenvalue weighted by atomic mass is 79.9. The van der Waals surface area contributed by atoms with Gasteiger partial charge in [-0.2, -0.15) is 0 Å². The highest BCUT2D eigenvalue weighted by Gasteiger charge is 2.10. The summed E-state index contributed by atoms with van der Waals surface area (Å²) in [6, 6.07) is 6.57. The first kappa shape index (κ1) is 13.4. The van der Waals surface area contributed by atoms with Crippen molar-refractivity contribution >= 4 is 28.1 Å². The van der Waals surface area contributed by atoms with E-state index >= 15 is 0 Å². The van der Waals surface area contributed by atoms with Gasteiger partial charge >= 0.3 is 5.97 Å². The van der Waals surface area contributed by atoms with Crippen molar-refractivity contribution in [3.63, 3.8) is 0 Å². The van der Waals surface area contributed by atoms with Crippen LogP contribution in [0.1, 0.15) is 15.9 Å². The van der Waals surface area contributed by atoms with Gasteiger partial charge in [-0.3, -0.25) is 0 Å². The van der Waals surface area contributed by atoms with Gasteiger partial charge in [0.1, 0.15) is 5.75 Å². The van der Waals surface area contributed by atoms with Crippen molar-refractivity contribution in [2.24, 2.45) is 5.16 Å². The van der Waals surface area contributed by atoms with Crippen LogP contribution in [0.2, 0.25) is 0 Å². The first-order valence-electron chi connectivity index (χ1n) is 5.31. The second kappa shape index (κ2) is 6.19. The Morgan fingerprint density at radius 3 is 2.89 bits per heavy atom. The van der Waals surface area contributed by atoms with E-state index in [9.17, 15) is 4.79 Å². The van der Waals surface area contributed by atoms with E-state index in [0.29, 0.717) is 21.3 Å². The molecule has 0 N–H and O–H groups in total. The van der Waals surface area contributed by atoms with Crippen LogP contribution < -0.4 is 4.74 Å². The van der Waals surface area contributed by atoms with Gasteiger partial charge in [0.05, 0.1) is 35.9 Å². The van der Waals surface area contributed by atoms with Gasteiger partial charge in [0.2, 0.25) is 0 Å². The lowest BCUT2D eigenvalue weighted by Crippen LogP contribution is -2.01. The molecule has 0 bridgehead atoms. The van der Waals surface area contributed by atoms with Crippen molar-refractivity contribution in [2.75, 3.05) is 7.11 Å². The highest BCUT2D eigenvalue weighted by molar-refractivity contribution is 9.10. The normalized spacial score (nSPS) is 10.6. The Hall–Kier alpha value is -2.08. The van der Waals surface area contributed by atoms with E-state index in [2.05, 4.69) is 21.1 Å². The summed E-state index contributed by atoms with van der Waals surface area (Å²) in [7, 11) is 1.55. The van der Waals surface area contributed by atoms with Crippen LogP contribution in [0.4, 0.5) is 0 Å². The van der Waals surface area contributed by atoms with Gasteiger partial charge in [0.15, 0.2) is 0 Å². The number of oxime groups is 1. The summed E-state index contributed by atoms with van der Waals surface area (Å²) in [5.41, 5.74) is 1.08. The molecule has 0 saturated carbocycles. The van der Waals surface area contributed by atoms with E-state index in [1.807, 2.05) is 0 Å². The number of rotatable bonds is 4. The summed E-state index contributed by atoms with van der Waals surface area (Å²) in [6.45, 7) is 0. The molecule has 0 spiro atoms. The summed E-state index contributed by atoms with van der Waals surface area (Å²) in [5.74, 6) is 0.0848. The van der Waals surface area contributed by atoms with Crippen LogP contribution in [0.25, 0.3) is 0 Å². The van der Waals surface area contributed by atoms with Crippen LogP contribution in [0.3, 0.4) is 0 Å². The quantitative estimate of drug-likeness (QED) is 0.492. The van der Waals surface area contributed by atoms with Crippen molar-refractivity contribution in [1.29, 1.82) is 0 Å². The monoisotopic (exact) mass is 323 g/mol. The molecule has 0 amide bonds. The lowest BCUT2D eigenvalue weighted by Gasteiger charge is -2.04. The van der Waals surface area contributed by atoms with Crippen LogP contribution in [0, 0.1) is 0 Å². The van der Waals surface area contributed by atoms with Crippen molar-refractivity contribution in [2.45, 2.75) is 0 Å². The molecule has 0 aliphatic heterocycles. The summed E-state index contributed by atoms with van der Waals surface area (Å²) < 4.78 is 10.6. The minimum absolute atomic E-state index is 0.372. The predicted octanol–water partition coefficient (Wildman–Crippen LogP) is 3.24. The molecular weight excluding hydrogens is 314 g/mol. The highest BCUT2D eigenvalue weighted by Crippen LogP contribution is 2.25. The van der Waals surface area contributed by atoms with E-state index < -0.39 is 5.97 Å². The molecule has 19 heavy (non-hydrogen) atoms. The molecule has 1 heterocycles. The van der Waals surface area contributed by atoms with E-state index in [1.165, 1.54) is 18.7 Å². The maximum atomic E-state index is 11.7. The topological polar surface area (TPSA) is 61.0 Å². The van der Waals surface area contributed by atoms with E-state index in [-0.39, 0.29) is 0 Å². The lowest BCUT2D eigenvalue weighted by atomic mass is 10.2. The second-order valence-electron chi connectivity index (χ2n) is 3.52. The summed E-state index contributed by atoms with van der Waals surface area (Å²) in [6.07, 6.45) is 4.38. The zero-order valence-electron chi connectivity index (χ0n) is 10.00. The van der Waals surface area contributed by atoms with Crippen molar-refractivity contribution in [3.8, 4) is 5.75 Å². The number of furan rings is 1. The molecule has 5 nitrogen and oxygen atoms in total. The molecule has 1 aromatic heterocycles. The Balaban J connectivity index is 2.02. The molecule has 98 valence electrons. The number of hydrogen-bond acceptors (Lipinski definition) is 5. The SMILES string of the molecule is COc1ccc(C(=O)O/N=C/c2ccoc2)cc1Br. The van der Waals surface area contributed by atoms with Gasteiger partial charge in [-0.25, -0.2) is 4.79 Å². The summed E-state index contributed by atoms with van der Waals surface area (Å²) in [5, 5.41) is 3.58. The molecule has 2 rings (SSSR count). The average molecular weight is 324 g/mol. The third-order valence-corrected chi connectivity index (χ3v) is 2.89. The first-order valence-corrected chi connectivity index (χ1v) is 6.10. The molecular formula is C13H10BrNO4. The van der Waals surface area contributed by atoms with E-state index in [0.717, 1.165) is 0 Å². The molecule has 0 saturated heterocycles. The van der Waals surface area contributed by atoms with Crippen LogP contribution in [-0.2, 0) is 4.84 Å². The second-order valence-corrected chi connectivity index (χ2v) is 4.37. The molecule has 2 aromatic rings. The van der Waals surface area contributed by atoms with Gasteiger partial charge in [0.25, 0.3) is 0 Å². The largest absolute Gasteiger partial charge is 0.496 e. The maximum absolute atomic E-state index is 11.7. The number of carbonyl (C=O) groups excluding carboxylic acids is 1. The van der Waals surface area contributed by atoms with Gasteiger partial charge in [-0.1, -0.05) is 5.16 Å². The molecule has 0 radical (unpaired) electrons. The van der Waals surface area contributed by atoms with Crippen molar-refractivity contribution < 1.29 is 18.8 Å². The Labute approximate surface area is 117 Å². The van der Waals surface area contributed by atoms with Gasteiger partial charge < -0.3 is 14.0 Å². The first-order chi connectivity index (χ1) is 9.20. The van der Waals surface area contributed by atoms with Crippen LogP contribution in [0.5, 0.6) is 5.75 Å². The van der Waals surface area contributed by atoms with Crippen molar-refractivity contribution in [3.05, 3.63) is 52.4 Å². The van der Waals surface area contributed by atoms with Crippen LogP contribution >= 0.6 is 15.9 Å². The van der Waals surface area contributed by atoms with Crippen LogP contribution in [0.15, 0.2) is 50.8 Å². The van der Waals surface area contributed by atoms with Gasteiger partial charge in [-0.05, 0) is 40.2 Å². The Morgan fingerprint density at radius 1 is 1.42 bits per heavy atom. The molecule has 1 aromatic carbocycles.